The molecule has 0 aliphatic rings. The van der Waals surface area contributed by atoms with Gasteiger partial charge in [0.2, 0.25) is 11.7 Å². The van der Waals surface area contributed by atoms with Gasteiger partial charge >= 0.3 is 0 Å². The van der Waals surface area contributed by atoms with E-state index >= 15 is 0 Å². The van der Waals surface area contributed by atoms with Crippen molar-refractivity contribution < 1.29 is 17.7 Å². The smallest absolute Gasteiger partial charge is 0.243 e. The molecule has 1 unspecified atom stereocenters. The summed E-state index contributed by atoms with van der Waals surface area (Å²) in [6, 6.07) is 1.47. The third kappa shape index (κ3) is 2.76. The summed E-state index contributed by atoms with van der Waals surface area (Å²) < 4.78 is 44.0. The van der Waals surface area contributed by atoms with Gasteiger partial charge < -0.3 is 9.84 Å². The van der Waals surface area contributed by atoms with E-state index in [-0.39, 0.29) is 17.4 Å². The summed E-state index contributed by atoms with van der Waals surface area (Å²) in [5, 5.41) is 6.67. The molecule has 1 aromatic heterocycles. The van der Waals surface area contributed by atoms with Gasteiger partial charge in [-0.05, 0) is 25.6 Å². The Balaban J connectivity index is 2.33. The second kappa shape index (κ2) is 5.40. The number of nitrogens with one attached hydrogen (secondary N) is 1. The fourth-order valence-electron chi connectivity index (χ4n) is 1.61. The maximum absolute atomic E-state index is 13.1. The molecule has 0 aliphatic carbocycles. The number of rotatable bonds is 4. The van der Waals surface area contributed by atoms with Gasteiger partial charge in [0.25, 0.3) is 0 Å². The zero-order valence-corrected chi connectivity index (χ0v) is 10.4. The highest BCUT2D eigenvalue weighted by molar-refractivity contribution is 5.54. The van der Waals surface area contributed by atoms with Gasteiger partial charge in [-0.25, -0.2) is 13.2 Å². The lowest BCUT2D eigenvalue weighted by molar-refractivity contribution is 0.342. The van der Waals surface area contributed by atoms with Crippen molar-refractivity contribution in [2.75, 3.05) is 6.54 Å². The predicted molar refractivity (Wildman–Crippen MR) is 61.7 cm³/mol. The molecule has 7 heteroatoms. The third-order valence-corrected chi connectivity index (χ3v) is 2.56. The number of benzene rings is 1. The van der Waals surface area contributed by atoms with Crippen molar-refractivity contribution >= 4 is 0 Å². The average molecular weight is 271 g/mol. The van der Waals surface area contributed by atoms with Gasteiger partial charge in [0.15, 0.2) is 17.5 Å². The zero-order valence-electron chi connectivity index (χ0n) is 10.4. The lowest BCUT2D eigenvalue weighted by atomic mass is 10.2. The zero-order chi connectivity index (χ0) is 14.0. The van der Waals surface area contributed by atoms with Crippen molar-refractivity contribution in [3.63, 3.8) is 0 Å². The third-order valence-electron chi connectivity index (χ3n) is 2.56. The van der Waals surface area contributed by atoms with Gasteiger partial charge in [0, 0.05) is 5.56 Å². The van der Waals surface area contributed by atoms with E-state index in [4.69, 9.17) is 4.52 Å². The molecule has 102 valence electrons. The highest BCUT2D eigenvalue weighted by atomic mass is 19.2. The van der Waals surface area contributed by atoms with E-state index < -0.39 is 17.5 Å². The van der Waals surface area contributed by atoms with Gasteiger partial charge in [-0.15, -0.1) is 0 Å². The molecule has 0 amide bonds. The molecule has 0 spiro atoms. The van der Waals surface area contributed by atoms with E-state index in [9.17, 15) is 13.2 Å². The van der Waals surface area contributed by atoms with Crippen molar-refractivity contribution in [3.8, 4) is 11.4 Å². The minimum atomic E-state index is -1.52. The maximum atomic E-state index is 13.1. The number of nitrogens with zero attached hydrogens (tertiary/aromatic N) is 2. The number of hydrogen-bond donors (Lipinski definition) is 1. The van der Waals surface area contributed by atoms with Crippen LogP contribution < -0.4 is 5.32 Å². The summed E-state index contributed by atoms with van der Waals surface area (Å²) in [6.45, 7) is 4.43. The molecule has 0 bridgehead atoms. The first-order valence-electron chi connectivity index (χ1n) is 5.74. The largest absolute Gasteiger partial charge is 0.337 e. The molecular formula is C12H12F3N3O. The van der Waals surface area contributed by atoms with Crippen LogP contribution in [0.1, 0.15) is 25.8 Å². The van der Waals surface area contributed by atoms with Gasteiger partial charge in [0.1, 0.15) is 0 Å². The van der Waals surface area contributed by atoms with Crippen LogP contribution in [0.2, 0.25) is 0 Å². The Morgan fingerprint density at radius 2 is 1.89 bits per heavy atom. The van der Waals surface area contributed by atoms with Gasteiger partial charge in [0.05, 0.1) is 6.04 Å². The number of hydrogen-bond acceptors (Lipinski definition) is 4. The molecule has 0 saturated carbocycles. The summed E-state index contributed by atoms with van der Waals surface area (Å²) in [4.78, 5) is 4.01. The lowest BCUT2D eigenvalue weighted by Gasteiger charge is -2.05. The Morgan fingerprint density at radius 3 is 2.47 bits per heavy atom. The van der Waals surface area contributed by atoms with Crippen LogP contribution in [0.3, 0.4) is 0 Å². The molecule has 2 aromatic rings. The Labute approximate surface area is 107 Å². The second-order valence-corrected chi connectivity index (χ2v) is 3.99. The second-order valence-electron chi connectivity index (χ2n) is 3.99. The molecule has 1 aromatic carbocycles. The monoisotopic (exact) mass is 271 g/mol. The first-order chi connectivity index (χ1) is 9.02. The minimum absolute atomic E-state index is 0.0116. The van der Waals surface area contributed by atoms with Crippen LogP contribution in [0.25, 0.3) is 11.4 Å². The Morgan fingerprint density at radius 1 is 1.26 bits per heavy atom. The summed E-state index contributed by atoms with van der Waals surface area (Å²) in [5.74, 6) is -3.80. The first kappa shape index (κ1) is 13.5. The molecule has 0 aliphatic heterocycles. The Kier molecular flexibility index (Phi) is 3.84. The molecule has 0 fully saturated rings. The van der Waals surface area contributed by atoms with Crippen LogP contribution in [0, 0.1) is 17.5 Å². The number of aromatic nitrogens is 2. The first-order valence-corrected chi connectivity index (χ1v) is 5.74. The van der Waals surface area contributed by atoms with Crippen LogP contribution in [0.15, 0.2) is 16.7 Å². The van der Waals surface area contributed by atoms with Crippen molar-refractivity contribution in [2.24, 2.45) is 0 Å². The van der Waals surface area contributed by atoms with E-state index in [0.29, 0.717) is 12.4 Å². The van der Waals surface area contributed by atoms with Crippen molar-refractivity contribution in [2.45, 2.75) is 19.9 Å². The highest BCUT2D eigenvalue weighted by Crippen LogP contribution is 2.22. The van der Waals surface area contributed by atoms with Crippen LogP contribution in [0.5, 0.6) is 0 Å². The molecular weight excluding hydrogens is 259 g/mol. The summed E-state index contributed by atoms with van der Waals surface area (Å²) >= 11 is 0. The Bertz CT molecular complexity index is 562. The van der Waals surface area contributed by atoms with Gasteiger partial charge in [-0.3, -0.25) is 0 Å². The summed E-state index contributed by atoms with van der Waals surface area (Å²) in [6.07, 6.45) is 0. The molecule has 19 heavy (non-hydrogen) atoms. The molecule has 1 heterocycles. The Hall–Kier alpha value is -1.89. The quantitative estimate of drug-likeness (QED) is 0.869. The molecule has 2 rings (SSSR count). The van der Waals surface area contributed by atoms with E-state index in [2.05, 4.69) is 15.5 Å². The summed E-state index contributed by atoms with van der Waals surface area (Å²) in [7, 11) is 0. The molecule has 0 radical (unpaired) electrons. The topological polar surface area (TPSA) is 51.0 Å². The molecule has 1 N–H and O–H groups in total. The van der Waals surface area contributed by atoms with Crippen LogP contribution >= 0.6 is 0 Å². The van der Waals surface area contributed by atoms with Gasteiger partial charge in [-0.1, -0.05) is 12.1 Å². The normalized spacial score (nSPS) is 12.7. The van der Waals surface area contributed by atoms with Gasteiger partial charge in [-0.2, -0.15) is 4.98 Å². The molecule has 1 atom stereocenters. The van der Waals surface area contributed by atoms with E-state index in [0.717, 1.165) is 12.1 Å². The maximum Gasteiger partial charge on any atom is 0.243 e. The lowest BCUT2D eigenvalue weighted by Crippen LogP contribution is -2.17. The SMILES string of the molecule is CCNC(C)c1nc(-c2cc(F)c(F)c(F)c2)no1. The van der Waals surface area contributed by atoms with Crippen LogP contribution in [0.4, 0.5) is 13.2 Å². The molecule has 0 saturated heterocycles. The summed E-state index contributed by atoms with van der Waals surface area (Å²) in [5.41, 5.74) is 0.0232. The van der Waals surface area contributed by atoms with Crippen LogP contribution in [-0.4, -0.2) is 16.7 Å². The van der Waals surface area contributed by atoms with E-state index in [1.165, 1.54) is 0 Å². The predicted octanol–water partition coefficient (Wildman–Crippen LogP) is 2.82. The van der Waals surface area contributed by atoms with E-state index in [1.807, 2.05) is 13.8 Å². The fourth-order valence-corrected chi connectivity index (χ4v) is 1.61. The minimum Gasteiger partial charge on any atom is -0.337 e. The van der Waals surface area contributed by atoms with E-state index in [1.54, 1.807) is 0 Å². The molecule has 4 nitrogen and oxygen atoms in total. The van der Waals surface area contributed by atoms with Crippen molar-refractivity contribution in [1.82, 2.24) is 15.5 Å². The van der Waals surface area contributed by atoms with Crippen molar-refractivity contribution in [1.29, 1.82) is 0 Å². The fraction of sp³-hybridized carbons (Fsp3) is 0.333. The van der Waals surface area contributed by atoms with Crippen LogP contribution in [-0.2, 0) is 0 Å². The number of halogens is 3. The average Bonchev–Trinajstić information content (AvgIpc) is 2.85. The standard InChI is InChI=1S/C12H12F3N3O/c1-3-16-6(2)12-17-11(18-19-12)7-4-8(13)10(15)9(14)5-7/h4-6,16H,3H2,1-2H3. The van der Waals surface area contributed by atoms with Crippen molar-refractivity contribution in [3.05, 3.63) is 35.5 Å². The highest BCUT2D eigenvalue weighted by Gasteiger charge is 2.17.